The molecule has 8 heteroatoms. The summed E-state index contributed by atoms with van der Waals surface area (Å²) in [6.07, 6.45) is 6.03. The molecule has 31 heavy (non-hydrogen) atoms. The number of aromatic nitrogens is 3. The Balaban J connectivity index is 1.28. The van der Waals surface area contributed by atoms with E-state index >= 15 is 0 Å². The zero-order valence-corrected chi connectivity index (χ0v) is 19.0. The minimum absolute atomic E-state index is 0.333. The van der Waals surface area contributed by atoms with E-state index < -0.39 is 6.10 Å². The summed E-state index contributed by atoms with van der Waals surface area (Å²) in [5.41, 5.74) is 0. The van der Waals surface area contributed by atoms with Crippen molar-refractivity contribution in [2.24, 2.45) is 4.99 Å². The highest BCUT2D eigenvalue weighted by molar-refractivity contribution is 7.19. The maximum atomic E-state index is 10.6. The summed E-state index contributed by atoms with van der Waals surface area (Å²) >= 11 is 1.63. The van der Waals surface area contributed by atoms with Crippen LogP contribution < -0.4 is 10.6 Å². The summed E-state index contributed by atoms with van der Waals surface area (Å²) in [4.78, 5) is 5.55. The lowest BCUT2D eigenvalue weighted by molar-refractivity contribution is 0.191. The number of fused-ring (bicyclic) bond motifs is 2. The summed E-state index contributed by atoms with van der Waals surface area (Å²) in [7, 11) is 0. The predicted molar refractivity (Wildman–Crippen MR) is 127 cm³/mol. The third-order valence-electron chi connectivity index (χ3n) is 5.60. The van der Waals surface area contributed by atoms with Crippen LogP contribution in [0.1, 0.15) is 55.2 Å². The van der Waals surface area contributed by atoms with E-state index in [1.54, 1.807) is 11.3 Å². The zero-order valence-electron chi connectivity index (χ0n) is 18.2. The van der Waals surface area contributed by atoms with Crippen molar-refractivity contribution in [1.29, 1.82) is 0 Å². The van der Waals surface area contributed by atoms with Crippen molar-refractivity contribution in [2.45, 2.75) is 58.1 Å². The number of nitrogens with one attached hydrogen (secondary N) is 2. The largest absolute Gasteiger partial charge is 0.386 e. The lowest BCUT2D eigenvalue weighted by Crippen LogP contribution is -2.38. The number of hydrogen-bond donors (Lipinski definition) is 3. The molecule has 3 N–H and O–H groups in total. The van der Waals surface area contributed by atoms with Crippen molar-refractivity contribution in [2.75, 3.05) is 19.6 Å². The summed E-state index contributed by atoms with van der Waals surface area (Å²) < 4.78 is 3.50. The van der Waals surface area contributed by atoms with E-state index in [1.165, 1.54) is 29.3 Å². The normalized spacial score (nSPS) is 15.5. The van der Waals surface area contributed by atoms with Gasteiger partial charge in [0, 0.05) is 42.1 Å². The minimum Gasteiger partial charge on any atom is -0.386 e. The summed E-state index contributed by atoms with van der Waals surface area (Å²) in [5.74, 6) is 2.98. The van der Waals surface area contributed by atoms with Gasteiger partial charge in [0.15, 0.2) is 5.96 Å². The first kappa shape index (κ1) is 21.8. The van der Waals surface area contributed by atoms with Crippen LogP contribution >= 0.6 is 11.3 Å². The molecule has 0 fully saturated rings. The van der Waals surface area contributed by atoms with Crippen LogP contribution in [0.15, 0.2) is 35.3 Å². The van der Waals surface area contributed by atoms with Crippen LogP contribution in [0, 0.1) is 0 Å². The molecule has 1 atom stereocenters. The lowest BCUT2D eigenvalue weighted by Gasteiger charge is -2.13. The van der Waals surface area contributed by atoms with Crippen LogP contribution in [0.5, 0.6) is 0 Å². The molecule has 0 radical (unpaired) electrons. The van der Waals surface area contributed by atoms with Crippen molar-refractivity contribution < 1.29 is 5.11 Å². The SMILES string of the molecule is CCNC(=NCC(O)c1cc2ccccc2s1)NCCCc1nnc2n1CCCCC2. The number of aliphatic imine (C=N–C) groups is 1. The highest BCUT2D eigenvalue weighted by Crippen LogP contribution is 2.29. The zero-order chi connectivity index (χ0) is 21.5. The Labute approximate surface area is 187 Å². The van der Waals surface area contributed by atoms with Crippen molar-refractivity contribution >= 4 is 27.4 Å². The Hall–Kier alpha value is -2.45. The molecule has 0 amide bonds. The number of aryl methyl sites for hydroxylation is 2. The Bertz CT molecular complexity index is 978. The van der Waals surface area contributed by atoms with Gasteiger partial charge < -0.3 is 20.3 Å². The average molecular weight is 441 g/mol. The molecule has 1 unspecified atom stereocenters. The third kappa shape index (κ3) is 5.62. The number of rotatable bonds is 8. The molecule has 3 aromatic rings. The van der Waals surface area contributed by atoms with Crippen LogP contribution in [-0.4, -0.2) is 45.5 Å². The average Bonchev–Trinajstić information content (AvgIpc) is 3.31. The molecule has 1 aliphatic rings. The second-order valence-corrected chi connectivity index (χ2v) is 9.06. The first-order chi connectivity index (χ1) is 15.2. The van der Waals surface area contributed by atoms with E-state index in [1.807, 2.05) is 19.1 Å². The van der Waals surface area contributed by atoms with Gasteiger partial charge >= 0.3 is 0 Å². The standard InChI is InChI=1S/C23H32N6OS/c1-2-24-23(26-16-18(30)20-15-17-9-5-6-10-19(17)31-20)25-13-8-12-22-28-27-21-11-4-3-7-14-29(21)22/h5-6,9-10,15,18,30H,2-4,7-8,11-14,16H2,1H3,(H2,24,25,26). The van der Waals surface area contributed by atoms with Crippen molar-refractivity contribution in [3.8, 4) is 0 Å². The molecule has 0 aliphatic carbocycles. The molecule has 0 spiro atoms. The van der Waals surface area contributed by atoms with Crippen LogP contribution in [-0.2, 0) is 19.4 Å². The van der Waals surface area contributed by atoms with Gasteiger partial charge in [-0.15, -0.1) is 21.5 Å². The first-order valence-electron chi connectivity index (χ1n) is 11.3. The number of benzene rings is 1. The summed E-state index contributed by atoms with van der Waals surface area (Å²) in [5, 5.41) is 27.2. The highest BCUT2D eigenvalue weighted by Gasteiger charge is 2.14. The van der Waals surface area contributed by atoms with Gasteiger partial charge in [-0.25, -0.2) is 0 Å². The van der Waals surface area contributed by atoms with Gasteiger partial charge in [0.05, 0.1) is 6.54 Å². The molecule has 3 heterocycles. The molecule has 1 aromatic carbocycles. The van der Waals surface area contributed by atoms with E-state index in [0.717, 1.165) is 61.4 Å². The van der Waals surface area contributed by atoms with Gasteiger partial charge in [-0.1, -0.05) is 24.6 Å². The first-order valence-corrected chi connectivity index (χ1v) is 12.2. The maximum absolute atomic E-state index is 10.6. The fourth-order valence-electron chi connectivity index (χ4n) is 3.96. The predicted octanol–water partition coefficient (Wildman–Crippen LogP) is 3.44. The Morgan fingerprint density at radius 2 is 2.13 bits per heavy atom. The van der Waals surface area contributed by atoms with E-state index in [-0.39, 0.29) is 0 Å². The summed E-state index contributed by atoms with van der Waals surface area (Å²) in [6, 6.07) is 10.3. The molecule has 166 valence electrons. The van der Waals surface area contributed by atoms with E-state index in [0.29, 0.717) is 6.54 Å². The second kappa shape index (κ2) is 10.7. The number of hydrogen-bond acceptors (Lipinski definition) is 5. The highest BCUT2D eigenvalue weighted by atomic mass is 32.1. The Kier molecular flexibility index (Phi) is 7.53. The third-order valence-corrected chi connectivity index (χ3v) is 6.81. The van der Waals surface area contributed by atoms with Gasteiger partial charge in [-0.3, -0.25) is 4.99 Å². The fourth-order valence-corrected chi connectivity index (χ4v) is 5.00. The quantitative estimate of drug-likeness (QED) is 0.284. The molecule has 7 nitrogen and oxygen atoms in total. The van der Waals surface area contributed by atoms with Crippen molar-refractivity contribution in [3.05, 3.63) is 46.9 Å². The van der Waals surface area contributed by atoms with Crippen LogP contribution in [0.4, 0.5) is 0 Å². The van der Waals surface area contributed by atoms with Gasteiger partial charge in [0.1, 0.15) is 17.8 Å². The van der Waals surface area contributed by atoms with Gasteiger partial charge in [0.25, 0.3) is 0 Å². The summed E-state index contributed by atoms with van der Waals surface area (Å²) in [6.45, 7) is 5.01. The van der Waals surface area contributed by atoms with Gasteiger partial charge in [-0.2, -0.15) is 0 Å². The Morgan fingerprint density at radius 1 is 1.23 bits per heavy atom. The second-order valence-electron chi connectivity index (χ2n) is 7.95. The molecule has 0 bridgehead atoms. The molecule has 2 aromatic heterocycles. The van der Waals surface area contributed by atoms with E-state index in [4.69, 9.17) is 0 Å². The van der Waals surface area contributed by atoms with E-state index in [2.05, 4.69) is 48.6 Å². The number of aliphatic hydroxyl groups excluding tert-OH is 1. The van der Waals surface area contributed by atoms with Gasteiger partial charge in [-0.05, 0) is 43.7 Å². The molecular weight excluding hydrogens is 408 g/mol. The van der Waals surface area contributed by atoms with Crippen LogP contribution in [0.25, 0.3) is 10.1 Å². The smallest absolute Gasteiger partial charge is 0.191 e. The van der Waals surface area contributed by atoms with Crippen LogP contribution in [0.2, 0.25) is 0 Å². The number of thiophene rings is 1. The fraction of sp³-hybridized carbons (Fsp3) is 0.522. The number of guanidine groups is 1. The van der Waals surface area contributed by atoms with Crippen molar-refractivity contribution in [3.63, 3.8) is 0 Å². The number of aliphatic hydroxyl groups is 1. The topological polar surface area (TPSA) is 87.4 Å². The van der Waals surface area contributed by atoms with Crippen LogP contribution in [0.3, 0.4) is 0 Å². The number of nitrogens with zero attached hydrogens (tertiary/aromatic N) is 4. The maximum Gasteiger partial charge on any atom is 0.191 e. The molecule has 1 aliphatic heterocycles. The minimum atomic E-state index is -0.598. The molecular formula is C23H32N6OS. The molecule has 0 saturated carbocycles. The lowest BCUT2D eigenvalue weighted by atomic mass is 10.2. The Morgan fingerprint density at radius 3 is 3.00 bits per heavy atom. The van der Waals surface area contributed by atoms with E-state index in [9.17, 15) is 5.11 Å². The van der Waals surface area contributed by atoms with Crippen molar-refractivity contribution in [1.82, 2.24) is 25.4 Å². The van der Waals surface area contributed by atoms with Gasteiger partial charge in [0.2, 0.25) is 0 Å². The molecule has 0 saturated heterocycles. The monoisotopic (exact) mass is 440 g/mol. The molecule has 4 rings (SSSR count).